The Morgan fingerprint density at radius 1 is 1.12 bits per heavy atom. The smallest absolute Gasteiger partial charge is 0.224 e. The summed E-state index contributed by atoms with van der Waals surface area (Å²) in [5.41, 5.74) is 6.68. The molecule has 3 unspecified atom stereocenters. The minimum Gasteiger partial charge on any atom is -0.488 e. The predicted molar refractivity (Wildman–Crippen MR) is 92.0 cm³/mol. The molecule has 3 N–H and O–H groups in total. The molecule has 128 valence electrons. The fourth-order valence-electron chi connectivity index (χ4n) is 2.18. The molecule has 3 atom stereocenters. The van der Waals surface area contributed by atoms with Gasteiger partial charge in [-0.2, -0.15) is 0 Å². The summed E-state index contributed by atoms with van der Waals surface area (Å²) in [6.07, 6.45) is 0. The second-order valence-corrected chi connectivity index (χ2v) is 5.86. The Kier molecular flexibility index (Phi) is 6.32. The van der Waals surface area contributed by atoms with E-state index in [4.69, 9.17) is 10.5 Å². The van der Waals surface area contributed by atoms with E-state index in [0.717, 1.165) is 5.56 Å². The number of nitrogens with two attached hydrogens (primary N) is 1. The molecule has 0 aliphatic heterocycles. The fourth-order valence-corrected chi connectivity index (χ4v) is 2.18. The zero-order valence-electron chi connectivity index (χ0n) is 13.9. The van der Waals surface area contributed by atoms with Crippen LogP contribution in [0.3, 0.4) is 0 Å². The lowest BCUT2D eigenvalue weighted by atomic mass is 10.0. The standard InChI is InChI=1S/C19H23FN2O2/c1-13(14(2)21)19(23)22-17(15-8-4-3-5-9-15)12-24-18-11-7-6-10-16(18)20/h3-11,13-14,17H,12,21H2,1-2H3,(H,22,23). The zero-order valence-corrected chi connectivity index (χ0v) is 13.9. The minimum absolute atomic E-state index is 0.127. The molecule has 2 aromatic rings. The highest BCUT2D eigenvalue weighted by Gasteiger charge is 2.22. The molecule has 4 nitrogen and oxygen atoms in total. The summed E-state index contributed by atoms with van der Waals surface area (Å²) >= 11 is 0. The number of hydrogen-bond acceptors (Lipinski definition) is 3. The summed E-state index contributed by atoms with van der Waals surface area (Å²) in [5, 5.41) is 2.94. The molecule has 24 heavy (non-hydrogen) atoms. The van der Waals surface area contributed by atoms with Gasteiger partial charge in [-0.15, -0.1) is 0 Å². The zero-order chi connectivity index (χ0) is 17.5. The maximum atomic E-state index is 13.7. The van der Waals surface area contributed by atoms with Gasteiger partial charge in [0, 0.05) is 12.0 Å². The second-order valence-electron chi connectivity index (χ2n) is 5.86. The van der Waals surface area contributed by atoms with E-state index in [2.05, 4.69) is 5.32 Å². The minimum atomic E-state index is -0.431. The first-order valence-electron chi connectivity index (χ1n) is 7.97. The van der Waals surface area contributed by atoms with Crippen LogP contribution in [0.4, 0.5) is 4.39 Å². The van der Waals surface area contributed by atoms with Crippen LogP contribution < -0.4 is 15.8 Å². The molecule has 0 aromatic heterocycles. The third kappa shape index (κ3) is 4.80. The van der Waals surface area contributed by atoms with Crippen molar-refractivity contribution in [2.24, 2.45) is 11.7 Å². The summed E-state index contributed by atoms with van der Waals surface area (Å²) in [4.78, 5) is 12.3. The molecule has 0 heterocycles. The molecule has 0 spiro atoms. The number of rotatable bonds is 7. The number of halogens is 1. The Balaban J connectivity index is 2.12. The van der Waals surface area contributed by atoms with Gasteiger partial charge >= 0.3 is 0 Å². The number of para-hydroxylation sites is 1. The van der Waals surface area contributed by atoms with Gasteiger partial charge < -0.3 is 15.8 Å². The van der Waals surface area contributed by atoms with Crippen LogP contribution in [0.1, 0.15) is 25.5 Å². The molecule has 0 radical (unpaired) electrons. The van der Waals surface area contributed by atoms with E-state index in [-0.39, 0.29) is 36.3 Å². The lowest BCUT2D eigenvalue weighted by Crippen LogP contribution is -2.41. The van der Waals surface area contributed by atoms with Gasteiger partial charge in [0.25, 0.3) is 0 Å². The van der Waals surface area contributed by atoms with Crippen LogP contribution in [0.25, 0.3) is 0 Å². The summed E-state index contributed by atoms with van der Waals surface area (Å²) in [7, 11) is 0. The van der Waals surface area contributed by atoms with Crippen molar-refractivity contribution in [2.45, 2.75) is 25.9 Å². The highest BCUT2D eigenvalue weighted by Crippen LogP contribution is 2.20. The quantitative estimate of drug-likeness (QED) is 0.820. The van der Waals surface area contributed by atoms with E-state index in [1.807, 2.05) is 30.3 Å². The normalized spacial score (nSPS) is 14.5. The van der Waals surface area contributed by atoms with Crippen molar-refractivity contribution in [1.29, 1.82) is 0 Å². The van der Waals surface area contributed by atoms with Gasteiger partial charge in [0.2, 0.25) is 5.91 Å². The van der Waals surface area contributed by atoms with Crippen LogP contribution in [-0.4, -0.2) is 18.6 Å². The van der Waals surface area contributed by atoms with Gasteiger partial charge in [0.05, 0.1) is 6.04 Å². The van der Waals surface area contributed by atoms with Crippen LogP contribution >= 0.6 is 0 Å². The van der Waals surface area contributed by atoms with E-state index in [1.165, 1.54) is 6.07 Å². The van der Waals surface area contributed by atoms with Crippen molar-refractivity contribution in [2.75, 3.05) is 6.61 Å². The van der Waals surface area contributed by atoms with Crippen LogP contribution in [0.5, 0.6) is 5.75 Å². The third-order valence-electron chi connectivity index (χ3n) is 3.96. The van der Waals surface area contributed by atoms with Crippen molar-refractivity contribution in [1.82, 2.24) is 5.32 Å². The van der Waals surface area contributed by atoms with Crippen molar-refractivity contribution >= 4 is 5.91 Å². The molecular weight excluding hydrogens is 307 g/mol. The van der Waals surface area contributed by atoms with Crippen molar-refractivity contribution in [3.05, 3.63) is 66.0 Å². The van der Waals surface area contributed by atoms with Crippen LogP contribution in [0.15, 0.2) is 54.6 Å². The average Bonchev–Trinajstić information content (AvgIpc) is 2.59. The lowest BCUT2D eigenvalue weighted by molar-refractivity contribution is -0.126. The molecule has 0 bridgehead atoms. The number of carbonyl (C=O) groups is 1. The highest BCUT2D eigenvalue weighted by atomic mass is 19.1. The Bertz CT molecular complexity index is 661. The largest absolute Gasteiger partial charge is 0.488 e. The first-order valence-corrected chi connectivity index (χ1v) is 7.97. The van der Waals surface area contributed by atoms with Gasteiger partial charge in [-0.25, -0.2) is 4.39 Å². The monoisotopic (exact) mass is 330 g/mol. The molecule has 0 fully saturated rings. The number of benzene rings is 2. The first kappa shape index (κ1) is 17.9. The maximum Gasteiger partial charge on any atom is 0.224 e. The molecule has 5 heteroatoms. The number of hydrogen-bond donors (Lipinski definition) is 2. The van der Waals surface area contributed by atoms with Crippen LogP contribution in [0.2, 0.25) is 0 Å². The second kappa shape index (κ2) is 8.45. The van der Waals surface area contributed by atoms with Gasteiger partial charge in [-0.1, -0.05) is 49.4 Å². The summed E-state index contributed by atoms with van der Waals surface area (Å²) < 4.78 is 19.3. The predicted octanol–water partition coefficient (Wildman–Crippen LogP) is 3.05. The highest BCUT2D eigenvalue weighted by molar-refractivity contribution is 5.79. The molecule has 0 aliphatic rings. The van der Waals surface area contributed by atoms with Gasteiger partial charge in [0.15, 0.2) is 11.6 Å². The van der Waals surface area contributed by atoms with Crippen LogP contribution in [0, 0.1) is 11.7 Å². The van der Waals surface area contributed by atoms with E-state index in [9.17, 15) is 9.18 Å². The molecule has 2 aromatic carbocycles. The molecular formula is C19H23FN2O2. The van der Waals surface area contributed by atoms with E-state index >= 15 is 0 Å². The number of amides is 1. The molecule has 0 saturated carbocycles. The summed E-state index contributed by atoms with van der Waals surface area (Å²) in [5.74, 6) is -0.756. The summed E-state index contributed by atoms with van der Waals surface area (Å²) in [6, 6.07) is 15.0. The maximum absolute atomic E-state index is 13.7. The average molecular weight is 330 g/mol. The van der Waals surface area contributed by atoms with Gasteiger partial charge in [0.1, 0.15) is 6.61 Å². The van der Waals surface area contributed by atoms with E-state index in [1.54, 1.807) is 32.0 Å². The third-order valence-corrected chi connectivity index (χ3v) is 3.96. The van der Waals surface area contributed by atoms with E-state index < -0.39 is 5.82 Å². The molecule has 2 rings (SSSR count). The van der Waals surface area contributed by atoms with Gasteiger partial charge in [-0.05, 0) is 24.6 Å². The number of nitrogens with one attached hydrogen (secondary N) is 1. The number of carbonyl (C=O) groups excluding carboxylic acids is 1. The molecule has 0 saturated heterocycles. The van der Waals surface area contributed by atoms with Crippen molar-refractivity contribution in [3.63, 3.8) is 0 Å². The fraction of sp³-hybridized carbons (Fsp3) is 0.316. The van der Waals surface area contributed by atoms with Crippen molar-refractivity contribution < 1.29 is 13.9 Å². The van der Waals surface area contributed by atoms with Crippen molar-refractivity contribution in [3.8, 4) is 5.75 Å². The van der Waals surface area contributed by atoms with E-state index in [0.29, 0.717) is 0 Å². The number of ether oxygens (including phenoxy) is 1. The summed E-state index contributed by atoms with van der Waals surface area (Å²) in [6.45, 7) is 3.69. The Labute approximate surface area is 141 Å². The SMILES string of the molecule is CC(N)C(C)C(=O)NC(COc1ccccc1F)c1ccccc1. The first-order chi connectivity index (χ1) is 11.5. The Morgan fingerprint density at radius 2 is 1.75 bits per heavy atom. The Hall–Kier alpha value is -2.40. The molecule has 0 aliphatic carbocycles. The molecule has 1 amide bonds. The van der Waals surface area contributed by atoms with Gasteiger partial charge in [-0.3, -0.25) is 4.79 Å². The topological polar surface area (TPSA) is 64.4 Å². The van der Waals surface area contributed by atoms with Crippen LogP contribution in [-0.2, 0) is 4.79 Å². The Morgan fingerprint density at radius 3 is 2.38 bits per heavy atom. The lowest BCUT2D eigenvalue weighted by Gasteiger charge is -2.23.